The number of imidazole rings is 1. The minimum absolute atomic E-state index is 0.314. The summed E-state index contributed by atoms with van der Waals surface area (Å²) in [6.45, 7) is 2.30. The third-order valence-corrected chi connectivity index (χ3v) is 6.74. The van der Waals surface area contributed by atoms with Gasteiger partial charge in [-0.15, -0.1) is 0 Å². The Morgan fingerprint density at radius 2 is 2.24 bits per heavy atom. The molecule has 1 aromatic heterocycles. The van der Waals surface area contributed by atoms with Crippen molar-refractivity contribution in [2.45, 2.75) is 23.8 Å². The number of aryl methyl sites for hydroxylation is 2. The first-order valence-corrected chi connectivity index (χ1v) is 9.97. The molecule has 7 nitrogen and oxygen atoms in total. The van der Waals surface area contributed by atoms with E-state index in [1.165, 1.54) is 0 Å². The van der Waals surface area contributed by atoms with Gasteiger partial charge >= 0.3 is 0 Å². The third-order valence-electron chi connectivity index (χ3n) is 4.84. The van der Waals surface area contributed by atoms with E-state index in [1.54, 1.807) is 28.7 Å². The summed E-state index contributed by atoms with van der Waals surface area (Å²) in [6, 6.07) is 4.88. The minimum atomic E-state index is -3.60. The van der Waals surface area contributed by atoms with E-state index < -0.39 is 10.0 Å². The van der Waals surface area contributed by atoms with E-state index in [1.807, 2.05) is 17.8 Å². The maximum Gasteiger partial charge on any atom is 0.243 e. The van der Waals surface area contributed by atoms with Gasteiger partial charge in [0.15, 0.2) is 0 Å². The van der Waals surface area contributed by atoms with Crippen molar-refractivity contribution in [2.24, 2.45) is 7.05 Å². The van der Waals surface area contributed by atoms with Gasteiger partial charge in [0.1, 0.15) is 11.6 Å². The molecule has 2 aliphatic heterocycles. The Morgan fingerprint density at radius 1 is 1.36 bits per heavy atom. The monoisotopic (exact) mass is 362 g/mol. The highest BCUT2D eigenvalue weighted by Gasteiger charge is 2.36. The molecule has 1 aromatic carbocycles. The fourth-order valence-corrected chi connectivity index (χ4v) is 5.16. The predicted octanol–water partition coefficient (Wildman–Crippen LogP) is 1.08. The van der Waals surface area contributed by atoms with E-state index in [4.69, 9.17) is 4.74 Å². The molecule has 2 aromatic rings. The number of nitrogens with zero attached hydrogens (tertiary/aromatic N) is 3. The Bertz CT molecular complexity index is 878. The summed E-state index contributed by atoms with van der Waals surface area (Å²) in [5.74, 6) is 1.54. The molecule has 0 amide bonds. The Balaban J connectivity index is 1.71. The molecule has 1 saturated heterocycles. The van der Waals surface area contributed by atoms with Crippen LogP contribution < -0.4 is 10.1 Å². The predicted molar refractivity (Wildman–Crippen MR) is 93.0 cm³/mol. The molecule has 2 aliphatic rings. The van der Waals surface area contributed by atoms with Crippen LogP contribution in [0, 0.1) is 0 Å². The molecule has 4 rings (SSSR count). The zero-order valence-corrected chi connectivity index (χ0v) is 15.0. The lowest BCUT2D eigenvalue weighted by Gasteiger charge is -2.34. The van der Waals surface area contributed by atoms with Crippen molar-refractivity contribution >= 4 is 10.0 Å². The summed E-state index contributed by atoms with van der Waals surface area (Å²) in [4.78, 5) is 4.70. The molecular formula is C17H22N4O3S. The average molecular weight is 362 g/mol. The van der Waals surface area contributed by atoms with Gasteiger partial charge in [0.25, 0.3) is 0 Å². The zero-order chi connectivity index (χ0) is 17.4. The molecule has 25 heavy (non-hydrogen) atoms. The highest BCUT2D eigenvalue weighted by atomic mass is 32.2. The number of sulfonamides is 1. The van der Waals surface area contributed by atoms with Gasteiger partial charge < -0.3 is 14.6 Å². The molecule has 1 fully saturated rings. The van der Waals surface area contributed by atoms with Gasteiger partial charge in [-0.3, -0.25) is 0 Å². The van der Waals surface area contributed by atoms with E-state index in [-0.39, 0.29) is 6.04 Å². The molecule has 0 aliphatic carbocycles. The molecule has 0 saturated carbocycles. The molecule has 0 spiro atoms. The lowest BCUT2D eigenvalue weighted by molar-refractivity contribution is 0.258. The van der Waals surface area contributed by atoms with Crippen molar-refractivity contribution in [3.8, 4) is 5.75 Å². The van der Waals surface area contributed by atoms with Crippen LogP contribution in [-0.2, 0) is 23.5 Å². The van der Waals surface area contributed by atoms with Crippen LogP contribution in [0.1, 0.15) is 23.9 Å². The summed E-state index contributed by atoms with van der Waals surface area (Å²) in [5, 5.41) is 3.27. The van der Waals surface area contributed by atoms with Crippen molar-refractivity contribution in [1.82, 2.24) is 19.2 Å². The van der Waals surface area contributed by atoms with E-state index >= 15 is 0 Å². The number of hydrogen-bond donors (Lipinski definition) is 1. The van der Waals surface area contributed by atoms with Gasteiger partial charge in [0.2, 0.25) is 10.0 Å². The minimum Gasteiger partial charge on any atom is -0.493 e. The molecule has 1 atom stereocenters. The normalized spacial score (nSPS) is 21.6. The smallest absolute Gasteiger partial charge is 0.243 e. The quantitative estimate of drug-likeness (QED) is 0.884. The first-order chi connectivity index (χ1) is 12.1. The van der Waals surface area contributed by atoms with E-state index in [2.05, 4.69) is 10.3 Å². The van der Waals surface area contributed by atoms with E-state index in [0.29, 0.717) is 31.1 Å². The largest absolute Gasteiger partial charge is 0.493 e. The topological polar surface area (TPSA) is 76.5 Å². The number of hydrogen-bond acceptors (Lipinski definition) is 5. The highest BCUT2D eigenvalue weighted by Crippen LogP contribution is 2.32. The van der Waals surface area contributed by atoms with Crippen LogP contribution in [0.2, 0.25) is 0 Å². The number of ether oxygens (including phenoxy) is 1. The Hall–Kier alpha value is -1.90. The van der Waals surface area contributed by atoms with Crippen molar-refractivity contribution in [1.29, 1.82) is 0 Å². The van der Waals surface area contributed by atoms with Crippen molar-refractivity contribution in [3.05, 3.63) is 42.0 Å². The summed E-state index contributed by atoms with van der Waals surface area (Å²) in [6.07, 6.45) is 5.30. The molecule has 0 radical (unpaired) electrons. The van der Waals surface area contributed by atoms with Gasteiger partial charge in [-0.2, -0.15) is 4.31 Å². The lowest BCUT2D eigenvalue weighted by Crippen LogP contribution is -2.49. The summed E-state index contributed by atoms with van der Waals surface area (Å²) in [5.41, 5.74) is 0.969. The molecule has 0 bridgehead atoms. The van der Waals surface area contributed by atoms with E-state index in [9.17, 15) is 8.42 Å². The van der Waals surface area contributed by atoms with Crippen molar-refractivity contribution in [2.75, 3.05) is 26.2 Å². The molecule has 1 unspecified atom stereocenters. The molecule has 3 heterocycles. The van der Waals surface area contributed by atoms with E-state index in [0.717, 1.165) is 30.0 Å². The van der Waals surface area contributed by atoms with Gasteiger partial charge in [-0.25, -0.2) is 13.4 Å². The first kappa shape index (κ1) is 16.6. The zero-order valence-electron chi connectivity index (χ0n) is 14.2. The average Bonchev–Trinajstić information content (AvgIpc) is 3.07. The fourth-order valence-electron chi connectivity index (χ4n) is 3.52. The van der Waals surface area contributed by atoms with Crippen LogP contribution in [0.4, 0.5) is 0 Å². The van der Waals surface area contributed by atoms with Gasteiger partial charge in [0, 0.05) is 39.1 Å². The van der Waals surface area contributed by atoms with Gasteiger partial charge in [-0.1, -0.05) is 0 Å². The second-order valence-corrected chi connectivity index (χ2v) is 8.34. The van der Waals surface area contributed by atoms with Gasteiger partial charge in [0.05, 0.1) is 17.5 Å². The summed E-state index contributed by atoms with van der Waals surface area (Å²) >= 11 is 0. The molecule has 134 valence electrons. The summed E-state index contributed by atoms with van der Waals surface area (Å²) < 4.78 is 35.7. The standard InChI is InChI=1S/C17H22N4O3S/c1-20-8-7-19-17(20)15-12-18-6-9-21(15)25(22,23)14-4-5-16-13(11-14)3-2-10-24-16/h4-5,7-8,11,15,18H,2-3,6,9-10,12H2,1H3. The number of benzene rings is 1. The first-order valence-electron chi connectivity index (χ1n) is 8.53. The Morgan fingerprint density at radius 3 is 3.04 bits per heavy atom. The number of piperazine rings is 1. The molecule has 1 N–H and O–H groups in total. The number of rotatable bonds is 3. The Kier molecular flexibility index (Phi) is 4.26. The van der Waals surface area contributed by atoms with Crippen LogP contribution in [0.5, 0.6) is 5.75 Å². The number of aromatic nitrogens is 2. The summed E-state index contributed by atoms with van der Waals surface area (Å²) in [7, 11) is -1.72. The third kappa shape index (κ3) is 2.94. The molecule has 8 heteroatoms. The lowest BCUT2D eigenvalue weighted by atomic mass is 10.1. The van der Waals surface area contributed by atoms with Crippen LogP contribution in [0.3, 0.4) is 0 Å². The van der Waals surface area contributed by atoms with Crippen LogP contribution in [0.25, 0.3) is 0 Å². The molecular weight excluding hydrogens is 340 g/mol. The van der Waals surface area contributed by atoms with Crippen LogP contribution in [-0.4, -0.2) is 48.5 Å². The highest BCUT2D eigenvalue weighted by molar-refractivity contribution is 7.89. The van der Waals surface area contributed by atoms with Crippen molar-refractivity contribution in [3.63, 3.8) is 0 Å². The second-order valence-electron chi connectivity index (χ2n) is 6.45. The maximum absolute atomic E-state index is 13.3. The second kappa shape index (κ2) is 6.44. The maximum atomic E-state index is 13.3. The van der Waals surface area contributed by atoms with Gasteiger partial charge in [-0.05, 0) is 36.6 Å². The van der Waals surface area contributed by atoms with Crippen molar-refractivity contribution < 1.29 is 13.2 Å². The Labute approximate surface area is 147 Å². The van der Waals surface area contributed by atoms with Crippen LogP contribution in [0.15, 0.2) is 35.5 Å². The SMILES string of the molecule is Cn1ccnc1C1CNCCN1S(=O)(=O)c1ccc2c(c1)CCCO2. The number of fused-ring (bicyclic) bond motifs is 1. The number of nitrogens with one attached hydrogen (secondary N) is 1. The van der Waals surface area contributed by atoms with Crippen LogP contribution >= 0.6 is 0 Å². The fraction of sp³-hybridized carbons (Fsp3) is 0.471.